The standard InChI is InChI=1S/C15H26N2O4/c1-11(2)14(19)17-9-15(10-17)5-4-12(7-21-15)6-16-13(18)8-20-3/h11-12H,4-10H2,1-3H3,(H,16,18)/t12-/m0/s1. The molecule has 2 amide bonds. The van der Waals surface area contributed by atoms with Gasteiger partial charge in [0.15, 0.2) is 0 Å². The Morgan fingerprint density at radius 2 is 2.14 bits per heavy atom. The first-order valence-electron chi connectivity index (χ1n) is 7.64. The van der Waals surface area contributed by atoms with Crippen LogP contribution >= 0.6 is 0 Å². The van der Waals surface area contributed by atoms with Crippen molar-refractivity contribution in [3.8, 4) is 0 Å². The Balaban J connectivity index is 1.68. The summed E-state index contributed by atoms with van der Waals surface area (Å²) in [6, 6.07) is 0. The van der Waals surface area contributed by atoms with E-state index in [4.69, 9.17) is 9.47 Å². The molecule has 0 aromatic heterocycles. The van der Waals surface area contributed by atoms with E-state index in [1.165, 1.54) is 7.11 Å². The van der Waals surface area contributed by atoms with E-state index in [1.54, 1.807) is 0 Å². The van der Waals surface area contributed by atoms with Crippen LogP contribution in [0.5, 0.6) is 0 Å². The maximum Gasteiger partial charge on any atom is 0.245 e. The normalized spacial score (nSPS) is 24.0. The highest BCUT2D eigenvalue weighted by Crippen LogP contribution is 2.36. The number of amides is 2. The van der Waals surface area contributed by atoms with Gasteiger partial charge < -0.3 is 19.7 Å². The monoisotopic (exact) mass is 298 g/mol. The van der Waals surface area contributed by atoms with Gasteiger partial charge in [0.05, 0.1) is 19.7 Å². The van der Waals surface area contributed by atoms with Crippen LogP contribution < -0.4 is 5.32 Å². The molecule has 0 unspecified atom stereocenters. The lowest BCUT2D eigenvalue weighted by molar-refractivity contribution is -0.190. The second kappa shape index (κ2) is 6.75. The third-order valence-corrected chi connectivity index (χ3v) is 4.26. The van der Waals surface area contributed by atoms with Gasteiger partial charge in [-0.15, -0.1) is 0 Å². The third-order valence-electron chi connectivity index (χ3n) is 4.26. The van der Waals surface area contributed by atoms with Crippen LogP contribution in [0.25, 0.3) is 0 Å². The summed E-state index contributed by atoms with van der Waals surface area (Å²) in [6.07, 6.45) is 1.98. The molecule has 6 heteroatoms. The fraction of sp³-hybridized carbons (Fsp3) is 0.867. The molecule has 0 aromatic rings. The van der Waals surface area contributed by atoms with Crippen molar-refractivity contribution in [2.75, 3.05) is 40.0 Å². The first kappa shape index (κ1) is 16.2. The summed E-state index contributed by atoms with van der Waals surface area (Å²) >= 11 is 0. The average Bonchev–Trinajstić information content (AvgIpc) is 2.42. The maximum atomic E-state index is 11.9. The second-order valence-corrected chi connectivity index (χ2v) is 6.48. The van der Waals surface area contributed by atoms with E-state index in [2.05, 4.69) is 5.32 Å². The lowest BCUT2D eigenvalue weighted by atomic mass is 9.82. The minimum atomic E-state index is -0.127. The van der Waals surface area contributed by atoms with Crippen LogP contribution in [0.15, 0.2) is 0 Å². The van der Waals surface area contributed by atoms with E-state index in [-0.39, 0.29) is 29.9 Å². The minimum absolute atomic E-state index is 0.0506. The molecule has 2 fully saturated rings. The molecule has 2 aliphatic rings. The largest absolute Gasteiger partial charge is 0.375 e. The Morgan fingerprint density at radius 1 is 1.43 bits per heavy atom. The van der Waals surface area contributed by atoms with Crippen molar-refractivity contribution in [2.45, 2.75) is 32.3 Å². The molecule has 1 N–H and O–H groups in total. The first-order chi connectivity index (χ1) is 9.96. The van der Waals surface area contributed by atoms with Crippen molar-refractivity contribution >= 4 is 11.8 Å². The number of rotatable bonds is 5. The van der Waals surface area contributed by atoms with Crippen molar-refractivity contribution in [2.24, 2.45) is 11.8 Å². The molecule has 2 aliphatic heterocycles. The Morgan fingerprint density at radius 3 is 2.67 bits per heavy atom. The van der Waals surface area contributed by atoms with Crippen LogP contribution in [-0.2, 0) is 19.1 Å². The number of nitrogens with one attached hydrogen (secondary N) is 1. The summed E-state index contributed by atoms with van der Waals surface area (Å²) in [4.78, 5) is 25.1. The number of ether oxygens (including phenoxy) is 2. The number of hydrogen-bond acceptors (Lipinski definition) is 4. The number of carbonyl (C=O) groups is 2. The molecule has 0 radical (unpaired) electrons. The summed E-state index contributed by atoms with van der Waals surface area (Å²) in [7, 11) is 1.51. The molecular formula is C15H26N2O4. The van der Waals surface area contributed by atoms with Gasteiger partial charge in [-0.25, -0.2) is 0 Å². The van der Waals surface area contributed by atoms with E-state index in [1.807, 2.05) is 18.7 Å². The molecule has 21 heavy (non-hydrogen) atoms. The van der Waals surface area contributed by atoms with E-state index in [0.717, 1.165) is 12.8 Å². The molecule has 120 valence electrons. The Hall–Kier alpha value is -1.14. The molecule has 6 nitrogen and oxygen atoms in total. The van der Waals surface area contributed by atoms with E-state index < -0.39 is 0 Å². The van der Waals surface area contributed by atoms with Gasteiger partial charge in [-0.2, -0.15) is 0 Å². The number of hydrogen-bond donors (Lipinski definition) is 1. The van der Waals surface area contributed by atoms with Crippen molar-refractivity contribution in [1.29, 1.82) is 0 Å². The van der Waals surface area contributed by atoms with Gasteiger partial charge in [-0.1, -0.05) is 13.8 Å². The predicted molar refractivity (Wildman–Crippen MR) is 77.7 cm³/mol. The summed E-state index contributed by atoms with van der Waals surface area (Å²) < 4.78 is 10.8. The zero-order valence-electron chi connectivity index (χ0n) is 13.2. The highest BCUT2D eigenvalue weighted by molar-refractivity contribution is 5.79. The van der Waals surface area contributed by atoms with Gasteiger partial charge in [0.1, 0.15) is 12.2 Å². The molecule has 2 heterocycles. The van der Waals surface area contributed by atoms with Gasteiger partial charge in [-0.05, 0) is 18.8 Å². The molecule has 2 rings (SSSR count). The second-order valence-electron chi connectivity index (χ2n) is 6.48. The summed E-state index contributed by atoms with van der Waals surface area (Å²) in [5.74, 6) is 0.522. The minimum Gasteiger partial charge on any atom is -0.375 e. The highest BCUT2D eigenvalue weighted by Gasteiger charge is 2.48. The summed E-state index contributed by atoms with van der Waals surface area (Å²) in [6.45, 7) is 6.66. The van der Waals surface area contributed by atoms with Crippen LogP contribution in [0, 0.1) is 11.8 Å². The molecule has 1 spiro atoms. The zero-order chi connectivity index (χ0) is 15.5. The van der Waals surface area contributed by atoms with Gasteiger partial charge in [0.2, 0.25) is 11.8 Å². The average molecular weight is 298 g/mol. The number of methoxy groups -OCH3 is 1. The van der Waals surface area contributed by atoms with Crippen molar-refractivity contribution < 1.29 is 19.1 Å². The fourth-order valence-electron chi connectivity index (χ4n) is 2.94. The summed E-state index contributed by atoms with van der Waals surface area (Å²) in [5, 5.41) is 2.85. The Kier molecular flexibility index (Phi) is 5.22. The third kappa shape index (κ3) is 3.95. The first-order valence-corrected chi connectivity index (χ1v) is 7.64. The number of carbonyl (C=O) groups excluding carboxylic acids is 2. The quantitative estimate of drug-likeness (QED) is 0.798. The maximum absolute atomic E-state index is 11.9. The van der Waals surface area contributed by atoms with Crippen molar-refractivity contribution in [3.63, 3.8) is 0 Å². The van der Waals surface area contributed by atoms with Crippen LogP contribution in [0.4, 0.5) is 0 Å². The van der Waals surface area contributed by atoms with Crippen LogP contribution in [0.1, 0.15) is 26.7 Å². The van der Waals surface area contributed by atoms with Gasteiger partial charge in [0.25, 0.3) is 0 Å². The molecular weight excluding hydrogens is 272 g/mol. The predicted octanol–water partition coefficient (Wildman–Crippen LogP) is 0.413. The topological polar surface area (TPSA) is 67.9 Å². The molecule has 0 aromatic carbocycles. The summed E-state index contributed by atoms with van der Waals surface area (Å²) in [5.41, 5.74) is -0.127. The van der Waals surface area contributed by atoms with Crippen molar-refractivity contribution in [3.05, 3.63) is 0 Å². The molecule has 1 atom stereocenters. The number of likely N-dealkylation sites (tertiary alicyclic amines) is 1. The molecule has 0 aliphatic carbocycles. The fourth-order valence-corrected chi connectivity index (χ4v) is 2.94. The van der Waals surface area contributed by atoms with Crippen LogP contribution in [0.3, 0.4) is 0 Å². The molecule has 0 saturated carbocycles. The van der Waals surface area contributed by atoms with Crippen LogP contribution in [-0.4, -0.2) is 62.3 Å². The van der Waals surface area contributed by atoms with Gasteiger partial charge >= 0.3 is 0 Å². The lowest BCUT2D eigenvalue weighted by Crippen LogP contribution is -2.67. The zero-order valence-corrected chi connectivity index (χ0v) is 13.2. The number of nitrogens with zero attached hydrogens (tertiary/aromatic N) is 1. The lowest BCUT2D eigenvalue weighted by Gasteiger charge is -2.53. The van der Waals surface area contributed by atoms with Crippen LogP contribution in [0.2, 0.25) is 0 Å². The van der Waals surface area contributed by atoms with E-state index in [0.29, 0.717) is 32.2 Å². The molecule has 2 saturated heterocycles. The van der Waals surface area contributed by atoms with E-state index >= 15 is 0 Å². The Bertz CT molecular complexity index is 381. The highest BCUT2D eigenvalue weighted by atomic mass is 16.5. The smallest absolute Gasteiger partial charge is 0.245 e. The van der Waals surface area contributed by atoms with E-state index in [9.17, 15) is 9.59 Å². The SMILES string of the molecule is COCC(=O)NC[C@@H]1CCC2(CN(C(=O)C(C)C)C2)OC1. The Labute approximate surface area is 126 Å². The van der Waals surface area contributed by atoms with Crippen molar-refractivity contribution in [1.82, 2.24) is 10.2 Å². The van der Waals surface area contributed by atoms with Gasteiger partial charge in [-0.3, -0.25) is 9.59 Å². The van der Waals surface area contributed by atoms with Gasteiger partial charge in [0, 0.05) is 19.6 Å². The molecule has 0 bridgehead atoms.